The second-order valence-corrected chi connectivity index (χ2v) is 3.48. The molecule has 0 aliphatic heterocycles. The third-order valence-electron chi connectivity index (χ3n) is 2.14. The summed E-state index contributed by atoms with van der Waals surface area (Å²) < 4.78 is 0. The van der Waals surface area contributed by atoms with Crippen LogP contribution < -0.4 is 34.7 Å². The van der Waals surface area contributed by atoms with Gasteiger partial charge in [-0.05, 0) is 24.3 Å². The third-order valence-corrected chi connectivity index (χ3v) is 2.14. The number of benzene rings is 2. The molecule has 2 aromatic rings. The number of carboxylic acid groups (broad SMARTS) is 2. The predicted octanol–water partition coefficient (Wildman–Crippen LogP) is -1.86. The Kier molecular flexibility index (Phi) is 8.31. The van der Waals surface area contributed by atoms with Gasteiger partial charge in [-0.2, -0.15) is 0 Å². The summed E-state index contributed by atoms with van der Waals surface area (Å²) in [7, 11) is 0. The molecule has 0 aliphatic carbocycles. The molecule has 0 spiro atoms. The quantitative estimate of drug-likeness (QED) is 0.630. The van der Waals surface area contributed by atoms with Gasteiger partial charge in [0, 0.05) is 5.56 Å². The van der Waals surface area contributed by atoms with Gasteiger partial charge in [-0.15, -0.1) is 0 Å². The number of aromatic carboxylic acids is 2. The van der Waals surface area contributed by atoms with Crippen molar-refractivity contribution in [2.24, 2.45) is 0 Å². The van der Waals surface area contributed by atoms with Crippen molar-refractivity contribution >= 4 is 11.9 Å². The molecule has 0 saturated carbocycles. The van der Waals surface area contributed by atoms with Crippen molar-refractivity contribution in [1.82, 2.24) is 0 Å². The molecule has 0 fully saturated rings. The smallest absolute Gasteiger partial charge is 0.545 e. The van der Waals surface area contributed by atoms with E-state index in [0.717, 1.165) is 0 Å². The molecule has 0 amide bonds. The van der Waals surface area contributed by atoms with E-state index in [0.29, 0.717) is 5.56 Å². The summed E-state index contributed by atoms with van der Waals surface area (Å²) in [6, 6.07) is 13.9. The average molecular weight is 282 g/mol. The number of phenols is 1. The van der Waals surface area contributed by atoms with Gasteiger partial charge in [-0.25, -0.2) is 4.79 Å². The Morgan fingerprint density at radius 1 is 0.900 bits per heavy atom. The van der Waals surface area contributed by atoms with Crippen LogP contribution >= 0.6 is 0 Å². The number of rotatable bonds is 2. The molecule has 98 valence electrons. The first kappa shape index (κ1) is 18.2. The van der Waals surface area contributed by atoms with E-state index < -0.39 is 11.9 Å². The number of carbonyl (C=O) groups excluding carboxylic acids is 1. The van der Waals surface area contributed by atoms with Gasteiger partial charge < -0.3 is 20.1 Å². The van der Waals surface area contributed by atoms with Crippen molar-refractivity contribution in [3.63, 3.8) is 0 Å². The first-order chi connectivity index (χ1) is 9.02. The minimum atomic E-state index is -1.36. The molecule has 0 atom stereocenters. The zero-order valence-electron chi connectivity index (χ0n) is 10.8. The second kappa shape index (κ2) is 9.14. The van der Waals surface area contributed by atoms with E-state index in [4.69, 9.17) is 10.2 Å². The predicted molar refractivity (Wildman–Crippen MR) is 65.8 cm³/mol. The molecular weight excluding hydrogens is 271 g/mol. The van der Waals surface area contributed by atoms with E-state index in [1.807, 2.05) is 0 Å². The molecule has 0 aromatic heterocycles. The van der Waals surface area contributed by atoms with Crippen LogP contribution in [0.3, 0.4) is 0 Å². The Morgan fingerprint density at radius 3 is 1.75 bits per heavy atom. The Balaban J connectivity index is 0.000000345. The fraction of sp³-hybridized carbons (Fsp3) is 0. The largest absolute Gasteiger partial charge is 1.00 e. The summed E-state index contributed by atoms with van der Waals surface area (Å²) in [5, 5.41) is 27.4. The Hall–Kier alpha value is -1.82. The number of hydrogen-bond donors (Lipinski definition) is 2. The Morgan fingerprint density at radius 2 is 1.40 bits per heavy atom. The first-order valence-corrected chi connectivity index (χ1v) is 5.30. The maximum Gasteiger partial charge on any atom is 1.00 e. The summed E-state index contributed by atoms with van der Waals surface area (Å²) in [4.78, 5) is 20.4. The molecule has 2 rings (SSSR count). The number of carboxylic acids is 2. The van der Waals surface area contributed by atoms with Crippen LogP contribution in [-0.4, -0.2) is 22.2 Å². The molecule has 0 radical (unpaired) electrons. The molecule has 6 heteroatoms. The minimum absolute atomic E-state index is 0. The van der Waals surface area contributed by atoms with Crippen molar-refractivity contribution < 1.29 is 54.5 Å². The SMILES string of the molecule is O=C(O)c1ccccc1.O=C([O-])c1ccccc1O.[Na+]. The molecule has 0 bridgehead atoms. The zero-order chi connectivity index (χ0) is 14.3. The minimum Gasteiger partial charge on any atom is -0.545 e. The number of hydrogen-bond acceptors (Lipinski definition) is 4. The molecule has 0 unspecified atom stereocenters. The fourth-order valence-electron chi connectivity index (χ4n) is 1.23. The van der Waals surface area contributed by atoms with E-state index in [1.165, 1.54) is 18.2 Å². The van der Waals surface area contributed by atoms with E-state index in [-0.39, 0.29) is 40.9 Å². The maximum atomic E-state index is 10.2. The van der Waals surface area contributed by atoms with E-state index >= 15 is 0 Å². The van der Waals surface area contributed by atoms with Gasteiger partial charge in [-0.1, -0.05) is 30.3 Å². The van der Waals surface area contributed by atoms with Gasteiger partial charge in [0.25, 0.3) is 0 Å². The van der Waals surface area contributed by atoms with Crippen LogP contribution in [0.1, 0.15) is 20.7 Å². The summed E-state index contributed by atoms with van der Waals surface area (Å²) in [6.07, 6.45) is 0. The summed E-state index contributed by atoms with van der Waals surface area (Å²) >= 11 is 0. The molecule has 0 aliphatic rings. The number of aromatic hydroxyl groups is 1. The van der Waals surface area contributed by atoms with Crippen LogP contribution in [-0.2, 0) is 0 Å². The van der Waals surface area contributed by atoms with Crippen LogP contribution in [0.5, 0.6) is 5.75 Å². The fourth-order valence-corrected chi connectivity index (χ4v) is 1.23. The molecule has 20 heavy (non-hydrogen) atoms. The van der Waals surface area contributed by atoms with Crippen LogP contribution in [0.15, 0.2) is 54.6 Å². The van der Waals surface area contributed by atoms with Gasteiger partial charge in [-0.3, -0.25) is 0 Å². The van der Waals surface area contributed by atoms with E-state index in [2.05, 4.69) is 0 Å². The molecule has 0 heterocycles. The van der Waals surface area contributed by atoms with Crippen LogP contribution in [0.2, 0.25) is 0 Å². The molecular formula is C14H11NaO5. The van der Waals surface area contributed by atoms with Gasteiger partial charge in [0.1, 0.15) is 5.75 Å². The van der Waals surface area contributed by atoms with E-state index in [1.54, 1.807) is 36.4 Å². The van der Waals surface area contributed by atoms with Crippen LogP contribution in [0, 0.1) is 0 Å². The van der Waals surface area contributed by atoms with Crippen LogP contribution in [0.25, 0.3) is 0 Å². The molecule has 2 N–H and O–H groups in total. The van der Waals surface area contributed by atoms with Crippen LogP contribution in [0.4, 0.5) is 0 Å². The monoisotopic (exact) mass is 282 g/mol. The maximum absolute atomic E-state index is 10.2. The summed E-state index contributed by atoms with van der Waals surface area (Å²) in [6.45, 7) is 0. The van der Waals surface area contributed by atoms with Crippen molar-refractivity contribution in [3.8, 4) is 5.75 Å². The van der Waals surface area contributed by atoms with Gasteiger partial charge in [0.2, 0.25) is 0 Å². The third kappa shape index (κ3) is 5.88. The molecule has 5 nitrogen and oxygen atoms in total. The molecule has 2 aromatic carbocycles. The van der Waals surface area contributed by atoms with Crippen molar-refractivity contribution in [2.45, 2.75) is 0 Å². The summed E-state index contributed by atoms with van der Waals surface area (Å²) in [5.74, 6) is -2.50. The van der Waals surface area contributed by atoms with E-state index in [9.17, 15) is 14.7 Å². The zero-order valence-corrected chi connectivity index (χ0v) is 12.8. The number of para-hydroxylation sites is 1. The van der Waals surface area contributed by atoms with Gasteiger partial charge in [0.15, 0.2) is 0 Å². The van der Waals surface area contributed by atoms with Crippen molar-refractivity contribution in [2.75, 3.05) is 0 Å². The van der Waals surface area contributed by atoms with Crippen molar-refractivity contribution in [1.29, 1.82) is 0 Å². The average Bonchev–Trinajstić information content (AvgIpc) is 2.40. The first-order valence-electron chi connectivity index (χ1n) is 5.30. The standard InChI is InChI=1S/C7H6O3.C7H6O2.Na/c8-6-4-2-1-3-5(6)7(9)10;8-7(9)6-4-2-1-3-5-6;/h1-4,8H,(H,9,10);1-5H,(H,8,9);/q;;+1/p-1. The van der Waals surface area contributed by atoms with Crippen molar-refractivity contribution in [3.05, 3.63) is 65.7 Å². The topological polar surface area (TPSA) is 97.7 Å². The normalized spacial score (nSPS) is 8.60. The summed E-state index contributed by atoms with van der Waals surface area (Å²) in [5.41, 5.74) is 0.153. The second-order valence-electron chi connectivity index (χ2n) is 3.48. The Labute approximate surface area is 137 Å². The van der Waals surface area contributed by atoms with Gasteiger partial charge in [0.05, 0.1) is 11.5 Å². The Bertz CT molecular complexity index is 569. The number of carbonyl (C=O) groups is 2. The molecule has 0 saturated heterocycles. The van der Waals surface area contributed by atoms with Gasteiger partial charge >= 0.3 is 35.5 Å².